The first-order chi connectivity index (χ1) is 10.6. The Bertz CT molecular complexity index is 637. The largest absolute Gasteiger partial charge is 0.378 e. The molecule has 0 radical (unpaired) electrons. The molecule has 0 atom stereocenters. The van der Waals surface area contributed by atoms with Gasteiger partial charge in [0, 0.05) is 25.5 Å². The Morgan fingerprint density at radius 1 is 1.41 bits per heavy atom. The fourth-order valence-electron chi connectivity index (χ4n) is 1.71. The zero-order valence-electron chi connectivity index (χ0n) is 12.6. The second-order valence-electron chi connectivity index (χ2n) is 4.71. The molecule has 8 heteroatoms. The molecule has 22 heavy (non-hydrogen) atoms. The Hall–Kier alpha value is -2.35. The van der Waals surface area contributed by atoms with Gasteiger partial charge < -0.3 is 10.2 Å². The number of nitrogens with zero attached hydrogens (tertiary/aromatic N) is 5. The number of aromatic nitrogens is 4. The SMILES string of the molecule is C=CCn1nnnc1SCC(=O)Nc1ccc(N(C)C)cc1. The van der Waals surface area contributed by atoms with Gasteiger partial charge in [-0.15, -0.1) is 11.7 Å². The van der Waals surface area contributed by atoms with E-state index in [4.69, 9.17) is 0 Å². The van der Waals surface area contributed by atoms with Crippen LogP contribution in [-0.2, 0) is 11.3 Å². The molecule has 0 spiro atoms. The van der Waals surface area contributed by atoms with Gasteiger partial charge >= 0.3 is 0 Å². The van der Waals surface area contributed by atoms with Crippen molar-refractivity contribution in [3.63, 3.8) is 0 Å². The molecule has 7 nitrogen and oxygen atoms in total. The lowest BCUT2D eigenvalue weighted by Gasteiger charge is -2.13. The Kier molecular flexibility index (Phi) is 5.54. The standard InChI is InChI=1S/C14H18N6OS/c1-4-9-20-14(16-17-18-20)22-10-13(21)15-11-5-7-12(8-6-11)19(2)3/h4-8H,1,9-10H2,2-3H3,(H,15,21). The second kappa shape index (κ2) is 7.60. The van der Waals surface area contributed by atoms with Crippen molar-refractivity contribution in [2.45, 2.75) is 11.7 Å². The highest BCUT2D eigenvalue weighted by atomic mass is 32.2. The Balaban J connectivity index is 1.87. The average molecular weight is 318 g/mol. The van der Waals surface area contributed by atoms with Gasteiger partial charge in [-0.25, -0.2) is 4.68 Å². The molecule has 1 aromatic heterocycles. The maximum atomic E-state index is 12.0. The smallest absolute Gasteiger partial charge is 0.234 e. The molecule has 1 heterocycles. The minimum atomic E-state index is -0.101. The van der Waals surface area contributed by atoms with E-state index >= 15 is 0 Å². The van der Waals surface area contributed by atoms with E-state index in [1.165, 1.54) is 11.8 Å². The number of tetrazole rings is 1. The fourth-order valence-corrected chi connectivity index (χ4v) is 2.39. The summed E-state index contributed by atoms with van der Waals surface area (Å²) in [7, 11) is 3.94. The summed E-state index contributed by atoms with van der Waals surface area (Å²) in [6.07, 6.45) is 1.70. The first kappa shape index (κ1) is 16.0. The molecular formula is C14H18N6OS. The van der Waals surface area contributed by atoms with Crippen molar-refractivity contribution >= 4 is 29.0 Å². The summed E-state index contributed by atoms with van der Waals surface area (Å²) in [5.41, 5.74) is 1.85. The molecule has 1 amide bonds. The summed E-state index contributed by atoms with van der Waals surface area (Å²) >= 11 is 1.29. The van der Waals surface area contributed by atoms with Crippen LogP contribution in [0.25, 0.3) is 0 Å². The van der Waals surface area contributed by atoms with Crippen LogP contribution in [0, 0.1) is 0 Å². The molecule has 1 N–H and O–H groups in total. The van der Waals surface area contributed by atoms with Crippen LogP contribution in [0.2, 0.25) is 0 Å². The van der Waals surface area contributed by atoms with Gasteiger partial charge in [-0.2, -0.15) is 0 Å². The van der Waals surface area contributed by atoms with Gasteiger partial charge in [0.05, 0.1) is 12.3 Å². The summed E-state index contributed by atoms with van der Waals surface area (Å²) in [5, 5.41) is 14.7. The quantitative estimate of drug-likeness (QED) is 0.618. The molecule has 0 unspecified atom stereocenters. The molecule has 1 aromatic carbocycles. The first-order valence-corrected chi connectivity index (χ1v) is 7.66. The number of amides is 1. The number of hydrogen-bond donors (Lipinski definition) is 1. The first-order valence-electron chi connectivity index (χ1n) is 6.67. The highest BCUT2D eigenvalue weighted by Gasteiger charge is 2.09. The van der Waals surface area contributed by atoms with Crippen LogP contribution in [0.1, 0.15) is 0 Å². The lowest BCUT2D eigenvalue weighted by Crippen LogP contribution is -2.15. The average Bonchev–Trinajstić information content (AvgIpc) is 2.93. The van der Waals surface area contributed by atoms with E-state index in [1.807, 2.05) is 43.3 Å². The van der Waals surface area contributed by atoms with E-state index in [0.29, 0.717) is 11.7 Å². The summed E-state index contributed by atoms with van der Waals surface area (Å²) in [4.78, 5) is 14.0. The molecule has 0 bridgehead atoms. The maximum Gasteiger partial charge on any atom is 0.234 e. The number of thioether (sulfide) groups is 1. The van der Waals surface area contributed by atoms with Crippen LogP contribution in [-0.4, -0.2) is 46.0 Å². The van der Waals surface area contributed by atoms with E-state index in [0.717, 1.165) is 11.4 Å². The Labute approximate surface area is 133 Å². The number of carbonyl (C=O) groups is 1. The van der Waals surface area contributed by atoms with Crippen LogP contribution in [0.5, 0.6) is 0 Å². The normalized spacial score (nSPS) is 10.3. The second-order valence-corrected chi connectivity index (χ2v) is 5.65. The number of allylic oxidation sites excluding steroid dienone is 1. The van der Waals surface area contributed by atoms with Crippen LogP contribution in [0.4, 0.5) is 11.4 Å². The number of carbonyl (C=O) groups excluding carboxylic acids is 1. The zero-order chi connectivity index (χ0) is 15.9. The fraction of sp³-hybridized carbons (Fsp3) is 0.286. The molecule has 116 valence electrons. The molecule has 2 rings (SSSR count). The third-order valence-corrected chi connectivity index (χ3v) is 3.76. The van der Waals surface area contributed by atoms with Crippen LogP contribution >= 0.6 is 11.8 Å². The maximum absolute atomic E-state index is 12.0. The Morgan fingerprint density at radius 2 is 2.14 bits per heavy atom. The number of anilines is 2. The minimum absolute atomic E-state index is 0.101. The summed E-state index contributed by atoms with van der Waals surface area (Å²) in [6.45, 7) is 4.16. The Morgan fingerprint density at radius 3 is 2.77 bits per heavy atom. The molecule has 0 saturated carbocycles. The van der Waals surface area contributed by atoms with Crippen molar-refractivity contribution in [2.75, 3.05) is 30.1 Å². The third-order valence-electron chi connectivity index (χ3n) is 2.80. The molecule has 0 fully saturated rings. The molecule has 0 aliphatic carbocycles. The van der Waals surface area contributed by atoms with Crippen molar-refractivity contribution in [3.8, 4) is 0 Å². The molecule has 0 aliphatic rings. The molecular weight excluding hydrogens is 300 g/mol. The lowest BCUT2D eigenvalue weighted by molar-refractivity contribution is -0.113. The monoisotopic (exact) mass is 318 g/mol. The third kappa shape index (κ3) is 4.32. The minimum Gasteiger partial charge on any atom is -0.378 e. The van der Waals surface area contributed by atoms with Crippen LogP contribution in [0.3, 0.4) is 0 Å². The van der Waals surface area contributed by atoms with Crippen LogP contribution < -0.4 is 10.2 Å². The van der Waals surface area contributed by atoms with Gasteiger partial charge in [0.15, 0.2) is 0 Å². The van der Waals surface area contributed by atoms with Crippen molar-refractivity contribution in [3.05, 3.63) is 36.9 Å². The number of nitrogens with one attached hydrogen (secondary N) is 1. The van der Waals surface area contributed by atoms with E-state index < -0.39 is 0 Å². The van der Waals surface area contributed by atoms with Gasteiger partial charge in [-0.05, 0) is 34.7 Å². The molecule has 2 aromatic rings. The van der Waals surface area contributed by atoms with Crippen molar-refractivity contribution < 1.29 is 4.79 Å². The predicted molar refractivity (Wildman–Crippen MR) is 88.1 cm³/mol. The number of benzene rings is 1. The zero-order valence-corrected chi connectivity index (χ0v) is 13.4. The van der Waals surface area contributed by atoms with Crippen molar-refractivity contribution in [1.82, 2.24) is 20.2 Å². The highest BCUT2D eigenvalue weighted by molar-refractivity contribution is 7.99. The summed E-state index contributed by atoms with van der Waals surface area (Å²) < 4.78 is 1.59. The molecule has 0 aliphatic heterocycles. The predicted octanol–water partition coefficient (Wildman–Crippen LogP) is 1.66. The van der Waals surface area contributed by atoms with E-state index in [2.05, 4.69) is 27.4 Å². The highest BCUT2D eigenvalue weighted by Crippen LogP contribution is 2.17. The summed E-state index contributed by atoms with van der Waals surface area (Å²) in [6, 6.07) is 7.65. The summed E-state index contributed by atoms with van der Waals surface area (Å²) in [5.74, 6) is 0.142. The molecule has 0 saturated heterocycles. The van der Waals surface area contributed by atoms with Crippen LogP contribution in [0.15, 0.2) is 42.1 Å². The van der Waals surface area contributed by atoms with E-state index in [-0.39, 0.29) is 11.7 Å². The van der Waals surface area contributed by atoms with Crippen molar-refractivity contribution in [2.24, 2.45) is 0 Å². The van der Waals surface area contributed by atoms with Gasteiger partial charge in [0.2, 0.25) is 11.1 Å². The van der Waals surface area contributed by atoms with E-state index in [9.17, 15) is 4.79 Å². The topological polar surface area (TPSA) is 75.9 Å². The lowest BCUT2D eigenvalue weighted by atomic mass is 10.2. The number of rotatable bonds is 7. The van der Waals surface area contributed by atoms with Crippen molar-refractivity contribution in [1.29, 1.82) is 0 Å². The number of hydrogen-bond acceptors (Lipinski definition) is 6. The van der Waals surface area contributed by atoms with Gasteiger partial charge in [0.1, 0.15) is 0 Å². The van der Waals surface area contributed by atoms with Gasteiger partial charge in [0.25, 0.3) is 0 Å². The van der Waals surface area contributed by atoms with Gasteiger partial charge in [-0.3, -0.25) is 4.79 Å². The van der Waals surface area contributed by atoms with E-state index in [1.54, 1.807) is 10.8 Å². The van der Waals surface area contributed by atoms with Gasteiger partial charge in [-0.1, -0.05) is 17.8 Å².